The second-order valence-corrected chi connectivity index (χ2v) is 3.02. The van der Waals surface area contributed by atoms with Gasteiger partial charge in [-0.15, -0.1) is 0 Å². The van der Waals surface area contributed by atoms with Crippen LogP contribution in [0.1, 0.15) is 20.3 Å². The Morgan fingerprint density at radius 1 is 1.67 bits per heavy atom. The molecule has 0 aromatic heterocycles. The van der Waals surface area contributed by atoms with Crippen LogP contribution in [0, 0.1) is 5.92 Å². The van der Waals surface area contributed by atoms with E-state index in [4.69, 9.17) is 5.11 Å². The lowest BCUT2D eigenvalue weighted by atomic mass is 10.2. The first-order chi connectivity index (χ1) is 4.20. The third kappa shape index (κ3) is 1.66. The standard InChI is InChI=1S/C7H15NO/c1-6-3-4-8(5-6)7(2)9/h6-7,9H,3-5H2,1-2H3/t6?,7-/m1/s1. The fourth-order valence-corrected chi connectivity index (χ4v) is 1.31. The first kappa shape index (κ1) is 7.03. The fourth-order valence-electron chi connectivity index (χ4n) is 1.31. The molecule has 0 aromatic rings. The lowest BCUT2D eigenvalue weighted by molar-refractivity contribution is 0.0345. The normalized spacial score (nSPS) is 33.0. The number of hydrogen-bond acceptors (Lipinski definition) is 2. The highest BCUT2D eigenvalue weighted by molar-refractivity contribution is 4.72. The summed E-state index contributed by atoms with van der Waals surface area (Å²) in [6.45, 7) is 6.19. The van der Waals surface area contributed by atoms with E-state index in [2.05, 4.69) is 11.8 Å². The van der Waals surface area contributed by atoms with Crippen molar-refractivity contribution in [3.63, 3.8) is 0 Å². The Kier molecular flexibility index (Phi) is 2.09. The molecule has 2 nitrogen and oxygen atoms in total. The summed E-state index contributed by atoms with van der Waals surface area (Å²) in [6, 6.07) is 0. The van der Waals surface area contributed by atoms with Gasteiger partial charge < -0.3 is 5.11 Å². The van der Waals surface area contributed by atoms with Crippen LogP contribution >= 0.6 is 0 Å². The molecule has 1 saturated heterocycles. The fraction of sp³-hybridized carbons (Fsp3) is 1.00. The number of aliphatic hydroxyl groups is 1. The zero-order valence-electron chi connectivity index (χ0n) is 6.17. The predicted octanol–water partition coefficient (Wildman–Crippen LogP) is 0.667. The van der Waals surface area contributed by atoms with E-state index in [0.717, 1.165) is 19.0 Å². The molecule has 0 saturated carbocycles. The Bertz CT molecular complexity index is 92.9. The minimum atomic E-state index is -0.241. The van der Waals surface area contributed by atoms with Crippen molar-refractivity contribution in [1.29, 1.82) is 0 Å². The van der Waals surface area contributed by atoms with E-state index in [-0.39, 0.29) is 6.23 Å². The van der Waals surface area contributed by atoms with Gasteiger partial charge in [-0.25, -0.2) is 0 Å². The van der Waals surface area contributed by atoms with Crippen molar-refractivity contribution in [3.05, 3.63) is 0 Å². The molecular weight excluding hydrogens is 114 g/mol. The molecule has 1 unspecified atom stereocenters. The maximum Gasteiger partial charge on any atom is 0.104 e. The summed E-state index contributed by atoms with van der Waals surface area (Å²) in [5.74, 6) is 0.777. The number of aliphatic hydroxyl groups excluding tert-OH is 1. The highest BCUT2D eigenvalue weighted by Gasteiger charge is 2.20. The van der Waals surface area contributed by atoms with Crippen molar-refractivity contribution in [3.8, 4) is 0 Å². The Labute approximate surface area is 56.5 Å². The Morgan fingerprint density at radius 2 is 2.33 bits per heavy atom. The average molecular weight is 129 g/mol. The SMILES string of the molecule is CC1CCN([C@@H](C)O)C1. The molecule has 0 amide bonds. The van der Waals surface area contributed by atoms with Gasteiger partial charge in [0, 0.05) is 13.1 Å². The van der Waals surface area contributed by atoms with E-state index in [1.165, 1.54) is 6.42 Å². The molecule has 9 heavy (non-hydrogen) atoms. The summed E-state index contributed by atoms with van der Waals surface area (Å²) in [5, 5.41) is 9.10. The van der Waals surface area contributed by atoms with Gasteiger partial charge in [0.05, 0.1) is 0 Å². The zero-order valence-corrected chi connectivity index (χ0v) is 6.17. The molecule has 0 aromatic carbocycles. The Hall–Kier alpha value is -0.0800. The number of rotatable bonds is 1. The molecule has 1 rings (SSSR count). The predicted molar refractivity (Wildman–Crippen MR) is 37.0 cm³/mol. The Balaban J connectivity index is 2.30. The van der Waals surface area contributed by atoms with E-state index in [1.807, 2.05) is 6.92 Å². The first-order valence-electron chi connectivity index (χ1n) is 3.62. The largest absolute Gasteiger partial charge is 0.379 e. The van der Waals surface area contributed by atoms with E-state index in [9.17, 15) is 0 Å². The van der Waals surface area contributed by atoms with Gasteiger partial charge in [-0.05, 0) is 19.3 Å². The smallest absolute Gasteiger partial charge is 0.104 e. The first-order valence-corrected chi connectivity index (χ1v) is 3.62. The second kappa shape index (κ2) is 2.67. The number of likely N-dealkylation sites (tertiary alicyclic amines) is 1. The van der Waals surface area contributed by atoms with Gasteiger partial charge in [0.2, 0.25) is 0 Å². The molecule has 0 bridgehead atoms. The topological polar surface area (TPSA) is 23.5 Å². The summed E-state index contributed by atoms with van der Waals surface area (Å²) in [7, 11) is 0. The van der Waals surface area contributed by atoms with Gasteiger partial charge in [-0.1, -0.05) is 6.92 Å². The number of nitrogens with zero attached hydrogens (tertiary/aromatic N) is 1. The molecule has 2 atom stereocenters. The summed E-state index contributed by atoms with van der Waals surface area (Å²) >= 11 is 0. The molecular formula is C7H15NO. The van der Waals surface area contributed by atoms with Crippen LogP contribution in [0.5, 0.6) is 0 Å². The van der Waals surface area contributed by atoms with Gasteiger partial charge in [0.1, 0.15) is 6.23 Å². The molecule has 1 aliphatic heterocycles. The lowest BCUT2D eigenvalue weighted by Gasteiger charge is -2.17. The lowest BCUT2D eigenvalue weighted by Crippen LogP contribution is -2.30. The molecule has 1 heterocycles. The Morgan fingerprint density at radius 3 is 2.56 bits per heavy atom. The summed E-state index contributed by atoms with van der Waals surface area (Å²) < 4.78 is 0. The van der Waals surface area contributed by atoms with E-state index in [1.54, 1.807) is 0 Å². The van der Waals surface area contributed by atoms with Crippen LogP contribution in [0.2, 0.25) is 0 Å². The van der Waals surface area contributed by atoms with Crippen LogP contribution in [0.15, 0.2) is 0 Å². The minimum Gasteiger partial charge on any atom is -0.379 e. The minimum absolute atomic E-state index is 0.241. The molecule has 1 N–H and O–H groups in total. The molecule has 54 valence electrons. The molecule has 1 aliphatic rings. The van der Waals surface area contributed by atoms with Gasteiger partial charge in [0.15, 0.2) is 0 Å². The second-order valence-electron chi connectivity index (χ2n) is 3.02. The van der Waals surface area contributed by atoms with Crippen LogP contribution in [-0.2, 0) is 0 Å². The van der Waals surface area contributed by atoms with Crippen molar-refractivity contribution in [2.45, 2.75) is 26.5 Å². The molecule has 1 fully saturated rings. The highest BCUT2D eigenvalue weighted by atomic mass is 16.3. The summed E-state index contributed by atoms with van der Waals surface area (Å²) in [6.07, 6.45) is 1.00. The quantitative estimate of drug-likeness (QED) is 0.562. The molecule has 0 aliphatic carbocycles. The molecule has 0 spiro atoms. The van der Waals surface area contributed by atoms with Gasteiger partial charge in [0.25, 0.3) is 0 Å². The van der Waals surface area contributed by atoms with Crippen molar-refractivity contribution in [2.75, 3.05) is 13.1 Å². The summed E-state index contributed by atoms with van der Waals surface area (Å²) in [5.41, 5.74) is 0. The van der Waals surface area contributed by atoms with Crippen LogP contribution in [-0.4, -0.2) is 29.3 Å². The maximum atomic E-state index is 9.10. The molecule has 0 radical (unpaired) electrons. The van der Waals surface area contributed by atoms with Gasteiger partial charge in [-0.2, -0.15) is 0 Å². The van der Waals surface area contributed by atoms with E-state index < -0.39 is 0 Å². The van der Waals surface area contributed by atoms with Crippen LogP contribution in [0.4, 0.5) is 0 Å². The van der Waals surface area contributed by atoms with Crippen LogP contribution in [0.25, 0.3) is 0 Å². The average Bonchev–Trinajstić information content (AvgIpc) is 2.14. The third-order valence-electron chi connectivity index (χ3n) is 1.98. The van der Waals surface area contributed by atoms with Gasteiger partial charge in [-0.3, -0.25) is 4.90 Å². The van der Waals surface area contributed by atoms with Crippen molar-refractivity contribution < 1.29 is 5.11 Å². The van der Waals surface area contributed by atoms with Crippen molar-refractivity contribution in [2.24, 2.45) is 5.92 Å². The monoisotopic (exact) mass is 129 g/mol. The summed E-state index contributed by atoms with van der Waals surface area (Å²) in [4.78, 5) is 2.10. The zero-order chi connectivity index (χ0) is 6.85. The van der Waals surface area contributed by atoms with Gasteiger partial charge >= 0.3 is 0 Å². The van der Waals surface area contributed by atoms with E-state index >= 15 is 0 Å². The van der Waals surface area contributed by atoms with Crippen LogP contribution < -0.4 is 0 Å². The highest BCUT2D eigenvalue weighted by Crippen LogP contribution is 2.15. The van der Waals surface area contributed by atoms with Crippen LogP contribution in [0.3, 0.4) is 0 Å². The maximum absolute atomic E-state index is 9.10. The molecule has 2 heteroatoms. The van der Waals surface area contributed by atoms with E-state index in [0.29, 0.717) is 0 Å². The number of hydrogen-bond donors (Lipinski definition) is 1. The third-order valence-corrected chi connectivity index (χ3v) is 1.98. The van der Waals surface area contributed by atoms with Crippen molar-refractivity contribution >= 4 is 0 Å². The van der Waals surface area contributed by atoms with Crippen molar-refractivity contribution in [1.82, 2.24) is 4.90 Å².